The summed E-state index contributed by atoms with van der Waals surface area (Å²) in [7, 11) is 0. The van der Waals surface area contributed by atoms with Gasteiger partial charge in [0.05, 0.1) is 18.4 Å². The van der Waals surface area contributed by atoms with Crippen LogP contribution in [0.1, 0.15) is 24.0 Å². The van der Waals surface area contributed by atoms with Crippen LogP contribution in [0.5, 0.6) is 0 Å². The normalized spacial score (nSPS) is 25.8. The Balaban J connectivity index is 1.80. The number of likely N-dealkylation sites (tertiary alicyclic amines) is 1. The maximum Gasteiger partial charge on any atom is 0.233 e. The van der Waals surface area contributed by atoms with E-state index in [0.717, 1.165) is 5.56 Å². The van der Waals surface area contributed by atoms with Crippen LogP contribution in [0.4, 0.5) is 0 Å². The van der Waals surface area contributed by atoms with Gasteiger partial charge >= 0.3 is 0 Å². The largest absolute Gasteiger partial charge is 0.278 e. The molecule has 1 aliphatic heterocycles. The third-order valence-electron chi connectivity index (χ3n) is 4.06. The predicted octanol–water partition coefficient (Wildman–Crippen LogP) is 2.45. The molecule has 1 heterocycles. The number of carbonyl (C=O) groups excluding carboxylic acids is 2. The van der Waals surface area contributed by atoms with Crippen molar-refractivity contribution in [1.29, 1.82) is 0 Å². The number of nitrogens with zero attached hydrogens (tertiary/aromatic N) is 1. The lowest BCUT2D eigenvalue weighted by molar-refractivity contribution is -0.140. The average Bonchev–Trinajstić information content (AvgIpc) is 2.67. The van der Waals surface area contributed by atoms with Crippen LogP contribution in [0.3, 0.4) is 0 Å². The van der Waals surface area contributed by atoms with Crippen LogP contribution in [0, 0.1) is 18.8 Å². The summed E-state index contributed by atoms with van der Waals surface area (Å²) in [5, 5.41) is 0. The SMILES string of the molecule is Cc1ccc(CN2C(=O)C3CC=CCC3C2=O)cc1. The zero-order valence-corrected chi connectivity index (χ0v) is 11.0. The highest BCUT2D eigenvalue weighted by atomic mass is 16.2. The zero-order valence-electron chi connectivity index (χ0n) is 11.0. The van der Waals surface area contributed by atoms with Crippen LogP contribution in [0.25, 0.3) is 0 Å². The van der Waals surface area contributed by atoms with Crippen molar-refractivity contribution >= 4 is 11.8 Å². The van der Waals surface area contributed by atoms with Gasteiger partial charge in [-0.25, -0.2) is 0 Å². The van der Waals surface area contributed by atoms with Gasteiger partial charge in [-0.3, -0.25) is 14.5 Å². The lowest BCUT2D eigenvalue weighted by Gasteiger charge is -2.14. The maximum absolute atomic E-state index is 12.3. The first kappa shape index (κ1) is 12.2. The smallest absolute Gasteiger partial charge is 0.233 e. The van der Waals surface area contributed by atoms with Crippen molar-refractivity contribution in [1.82, 2.24) is 4.90 Å². The number of rotatable bonds is 2. The summed E-state index contributed by atoms with van der Waals surface area (Å²) in [5.74, 6) is -0.245. The minimum absolute atomic E-state index is 0.0000694. The van der Waals surface area contributed by atoms with Crippen molar-refractivity contribution < 1.29 is 9.59 Å². The Morgan fingerprint density at radius 2 is 1.53 bits per heavy atom. The molecular weight excluding hydrogens is 238 g/mol. The highest BCUT2D eigenvalue weighted by Crippen LogP contribution is 2.35. The van der Waals surface area contributed by atoms with E-state index < -0.39 is 0 Å². The molecule has 1 fully saturated rings. The van der Waals surface area contributed by atoms with Crippen molar-refractivity contribution in [3.05, 3.63) is 47.5 Å². The van der Waals surface area contributed by atoms with Gasteiger partial charge in [0, 0.05) is 0 Å². The molecule has 2 aliphatic rings. The number of fused-ring (bicyclic) bond motifs is 1. The first-order valence-corrected chi connectivity index (χ1v) is 6.72. The maximum atomic E-state index is 12.3. The van der Waals surface area contributed by atoms with E-state index in [1.807, 2.05) is 43.3 Å². The average molecular weight is 255 g/mol. The summed E-state index contributed by atoms with van der Waals surface area (Å²) in [4.78, 5) is 26.0. The molecule has 19 heavy (non-hydrogen) atoms. The number of hydrogen-bond acceptors (Lipinski definition) is 2. The first-order valence-electron chi connectivity index (χ1n) is 6.72. The molecule has 1 aromatic carbocycles. The molecule has 1 saturated heterocycles. The fraction of sp³-hybridized carbons (Fsp3) is 0.375. The summed E-state index contributed by atoms with van der Waals surface area (Å²) in [5.41, 5.74) is 2.19. The number of benzene rings is 1. The third-order valence-corrected chi connectivity index (χ3v) is 4.06. The number of hydrogen-bond donors (Lipinski definition) is 0. The molecule has 0 spiro atoms. The Hall–Kier alpha value is -1.90. The van der Waals surface area contributed by atoms with E-state index in [1.165, 1.54) is 10.5 Å². The van der Waals surface area contributed by atoms with Crippen molar-refractivity contribution in [2.45, 2.75) is 26.3 Å². The van der Waals surface area contributed by atoms with E-state index in [1.54, 1.807) is 0 Å². The summed E-state index contributed by atoms with van der Waals surface area (Å²) in [6, 6.07) is 7.98. The Morgan fingerprint density at radius 1 is 1.00 bits per heavy atom. The van der Waals surface area contributed by atoms with E-state index in [-0.39, 0.29) is 23.7 Å². The van der Waals surface area contributed by atoms with Gasteiger partial charge in [-0.15, -0.1) is 0 Å². The first-order chi connectivity index (χ1) is 9.16. The number of amides is 2. The minimum atomic E-state index is -0.122. The van der Waals surface area contributed by atoms with E-state index in [9.17, 15) is 9.59 Å². The van der Waals surface area contributed by atoms with Crippen LogP contribution in [0.2, 0.25) is 0 Å². The quantitative estimate of drug-likeness (QED) is 0.601. The van der Waals surface area contributed by atoms with Crippen LogP contribution in [0.15, 0.2) is 36.4 Å². The second-order valence-corrected chi connectivity index (χ2v) is 5.40. The highest BCUT2D eigenvalue weighted by Gasteiger charge is 2.46. The second kappa shape index (κ2) is 4.65. The molecule has 2 unspecified atom stereocenters. The molecular formula is C16H17NO2. The van der Waals surface area contributed by atoms with Crippen LogP contribution < -0.4 is 0 Å². The van der Waals surface area contributed by atoms with E-state index in [4.69, 9.17) is 0 Å². The molecule has 0 radical (unpaired) electrons. The predicted molar refractivity (Wildman–Crippen MR) is 72.1 cm³/mol. The van der Waals surface area contributed by atoms with E-state index in [0.29, 0.717) is 19.4 Å². The van der Waals surface area contributed by atoms with Crippen LogP contribution in [-0.2, 0) is 16.1 Å². The van der Waals surface area contributed by atoms with Gasteiger partial charge < -0.3 is 0 Å². The van der Waals surface area contributed by atoms with Gasteiger partial charge in [0.1, 0.15) is 0 Å². The summed E-state index contributed by atoms with van der Waals surface area (Å²) in [6.45, 7) is 2.43. The number of allylic oxidation sites excluding steroid dienone is 2. The van der Waals surface area contributed by atoms with Crippen molar-refractivity contribution in [2.75, 3.05) is 0 Å². The molecule has 2 amide bonds. The van der Waals surface area contributed by atoms with E-state index in [2.05, 4.69) is 0 Å². The summed E-state index contributed by atoms with van der Waals surface area (Å²) in [6.07, 6.45) is 5.45. The molecule has 2 atom stereocenters. The van der Waals surface area contributed by atoms with Gasteiger partial charge in [-0.2, -0.15) is 0 Å². The standard InChI is InChI=1S/C16H17NO2/c1-11-6-8-12(9-7-11)10-17-15(18)13-4-2-3-5-14(13)16(17)19/h2-3,6-9,13-14H,4-5,10H2,1H3. The molecule has 98 valence electrons. The minimum Gasteiger partial charge on any atom is -0.278 e. The van der Waals surface area contributed by atoms with Gasteiger partial charge in [-0.05, 0) is 25.3 Å². The zero-order chi connectivity index (χ0) is 13.4. The molecule has 3 heteroatoms. The van der Waals surface area contributed by atoms with Crippen molar-refractivity contribution in [3.63, 3.8) is 0 Å². The molecule has 1 aromatic rings. The number of carbonyl (C=O) groups is 2. The number of aryl methyl sites for hydroxylation is 1. The lowest BCUT2D eigenvalue weighted by atomic mass is 9.85. The third kappa shape index (κ3) is 2.09. The Labute approximate surface area is 112 Å². The summed E-state index contributed by atoms with van der Waals surface area (Å²) >= 11 is 0. The van der Waals surface area contributed by atoms with Crippen LogP contribution >= 0.6 is 0 Å². The van der Waals surface area contributed by atoms with Gasteiger partial charge in [0.25, 0.3) is 0 Å². The van der Waals surface area contributed by atoms with E-state index >= 15 is 0 Å². The fourth-order valence-corrected chi connectivity index (χ4v) is 2.90. The molecule has 3 nitrogen and oxygen atoms in total. The Bertz CT molecular complexity index is 518. The van der Waals surface area contributed by atoms with Crippen molar-refractivity contribution in [3.8, 4) is 0 Å². The molecule has 0 bridgehead atoms. The topological polar surface area (TPSA) is 37.4 Å². The summed E-state index contributed by atoms with van der Waals surface area (Å²) < 4.78 is 0. The van der Waals surface area contributed by atoms with Gasteiger partial charge in [0.2, 0.25) is 11.8 Å². The van der Waals surface area contributed by atoms with Gasteiger partial charge in [0.15, 0.2) is 0 Å². The molecule has 1 aliphatic carbocycles. The monoisotopic (exact) mass is 255 g/mol. The van der Waals surface area contributed by atoms with Crippen LogP contribution in [-0.4, -0.2) is 16.7 Å². The highest BCUT2D eigenvalue weighted by molar-refractivity contribution is 6.05. The number of imide groups is 1. The lowest BCUT2D eigenvalue weighted by Crippen LogP contribution is -2.30. The molecule has 3 rings (SSSR count). The Morgan fingerprint density at radius 3 is 2.05 bits per heavy atom. The Kier molecular flexibility index (Phi) is 2.97. The van der Waals surface area contributed by atoms with Gasteiger partial charge in [-0.1, -0.05) is 42.0 Å². The molecule has 0 saturated carbocycles. The second-order valence-electron chi connectivity index (χ2n) is 5.40. The fourth-order valence-electron chi connectivity index (χ4n) is 2.90. The molecule has 0 aromatic heterocycles. The molecule has 0 N–H and O–H groups in total. The van der Waals surface area contributed by atoms with Crippen molar-refractivity contribution in [2.24, 2.45) is 11.8 Å².